The maximum absolute atomic E-state index is 12.6. The fourth-order valence-corrected chi connectivity index (χ4v) is 3.18. The molecule has 4 nitrogen and oxygen atoms in total. The van der Waals surface area contributed by atoms with Gasteiger partial charge < -0.3 is 9.88 Å². The summed E-state index contributed by atoms with van der Waals surface area (Å²) in [5.41, 5.74) is 2.92. The third-order valence-electron chi connectivity index (χ3n) is 4.23. The van der Waals surface area contributed by atoms with Crippen LogP contribution in [0.3, 0.4) is 0 Å². The zero-order chi connectivity index (χ0) is 14.9. The van der Waals surface area contributed by atoms with E-state index in [0.717, 1.165) is 41.9 Å². The Balaban J connectivity index is 1.68. The van der Waals surface area contributed by atoms with Gasteiger partial charge in [0, 0.05) is 12.2 Å². The summed E-state index contributed by atoms with van der Waals surface area (Å²) in [7, 11) is 0. The summed E-state index contributed by atoms with van der Waals surface area (Å²) in [6, 6.07) is 17.7. The number of hydrogen-bond acceptors (Lipinski definition) is 2. The molecule has 0 spiro atoms. The van der Waals surface area contributed by atoms with Crippen LogP contribution in [0.25, 0.3) is 11.0 Å². The first-order valence-electron chi connectivity index (χ1n) is 7.64. The average molecular weight is 291 g/mol. The maximum Gasteiger partial charge on any atom is 0.235 e. The van der Waals surface area contributed by atoms with Gasteiger partial charge in [0.2, 0.25) is 5.91 Å². The molecule has 4 heteroatoms. The first-order chi connectivity index (χ1) is 10.8. The number of carbonyl (C=O) groups is 1. The van der Waals surface area contributed by atoms with E-state index in [-0.39, 0.29) is 11.8 Å². The lowest BCUT2D eigenvalue weighted by molar-refractivity contribution is -0.118. The van der Waals surface area contributed by atoms with Gasteiger partial charge in [-0.3, -0.25) is 4.79 Å². The van der Waals surface area contributed by atoms with E-state index >= 15 is 0 Å². The Hall–Kier alpha value is -2.62. The Morgan fingerprint density at radius 3 is 2.73 bits per heavy atom. The molecule has 0 bridgehead atoms. The quantitative estimate of drug-likeness (QED) is 0.785. The van der Waals surface area contributed by atoms with Crippen molar-refractivity contribution in [2.24, 2.45) is 0 Å². The summed E-state index contributed by atoms with van der Waals surface area (Å²) >= 11 is 0. The second-order valence-corrected chi connectivity index (χ2v) is 5.66. The zero-order valence-corrected chi connectivity index (χ0v) is 12.2. The standard InChI is InChI=1S/C18H17N3O/c22-18(19-13-7-2-1-3-8-13)14-9-6-12-21-16-11-5-4-10-15(16)20-17(14)21/h1-5,7-8,10-11,14H,6,9,12H2,(H,19,22). The molecule has 4 rings (SSSR count). The van der Waals surface area contributed by atoms with Crippen molar-refractivity contribution in [2.75, 3.05) is 5.32 Å². The summed E-state index contributed by atoms with van der Waals surface area (Å²) < 4.78 is 2.19. The Morgan fingerprint density at radius 1 is 1.09 bits per heavy atom. The summed E-state index contributed by atoms with van der Waals surface area (Å²) in [6.07, 6.45) is 1.85. The van der Waals surface area contributed by atoms with E-state index in [9.17, 15) is 4.79 Å². The van der Waals surface area contributed by atoms with Crippen LogP contribution in [0.5, 0.6) is 0 Å². The number of imidazole rings is 1. The highest BCUT2D eigenvalue weighted by molar-refractivity contribution is 5.96. The molecule has 0 aliphatic carbocycles. The van der Waals surface area contributed by atoms with Crippen LogP contribution in [0.4, 0.5) is 5.69 Å². The lowest BCUT2D eigenvalue weighted by Crippen LogP contribution is -2.27. The zero-order valence-electron chi connectivity index (χ0n) is 12.2. The predicted octanol–water partition coefficient (Wildman–Crippen LogP) is 3.55. The lowest BCUT2D eigenvalue weighted by Gasteiger charge is -2.23. The molecule has 1 aromatic heterocycles. The highest BCUT2D eigenvalue weighted by atomic mass is 16.1. The molecule has 1 amide bonds. The van der Waals surface area contributed by atoms with Crippen molar-refractivity contribution in [3.05, 3.63) is 60.4 Å². The first-order valence-corrected chi connectivity index (χ1v) is 7.64. The average Bonchev–Trinajstić information content (AvgIpc) is 2.94. The molecule has 1 atom stereocenters. The molecule has 2 aromatic carbocycles. The van der Waals surface area contributed by atoms with Crippen LogP contribution < -0.4 is 5.32 Å². The number of rotatable bonds is 2. The molecule has 0 saturated carbocycles. The van der Waals surface area contributed by atoms with E-state index in [1.807, 2.05) is 48.5 Å². The third-order valence-corrected chi connectivity index (χ3v) is 4.23. The van der Waals surface area contributed by atoms with Gasteiger partial charge >= 0.3 is 0 Å². The van der Waals surface area contributed by atoms with Gasteiger partial charge in [-0.15, -0.1) is 0 Å². The minimum atomic E-state index is -0.179. The number of para-hydroxylation sites is 3. The number of nitrogens with zero attached hydrogens (tertiary/aromatic N) is 2. The van der Waals surface area contributed by atoms with Crippen LogP contribution in [-0.4, -0.2) is 15.5 Å². The fourth-order valence-electron chi connectivity index (χ4n) is 3.18. The van der Waals surface area contributed by atoms with Crippen molar-refractivity contribution in [2.45, 2.75) is 25.3 Å². The van der Waals surface area contributed by atoms with Crippen LogP contribution in [0.15, 0.2) is 54.6 Å². The minimum absolute atomic E-state index is 0.0301. The largest absolute Gasteiger partial charge is 0.327 e. The van der Waals surface area contributed by atoms with E-state index in [0.29, 0.717) is 0 Å². The highest BCUT2D eigenvalue weighted by Crippen LogP contribution is 2.31. The number of nitrogens with one attached hydrogen (secondary N) is 1. The molecule has 0 saturated heterocycles. The van der Waals surface area contributed by atoms with Crippen LogP contribution in [0.1, 0.15) is 24.6 Å². The van der Waals surface area contributed by atoms with Crippen LogP contribution >= 0.6 is 0 Å². The maximum atomic E-state index is 12.6. The molecule has 2 heterocycles. The van der Waals surface area contributed by atoms with Gasteiger partial charge in [0.05, 0.1) is 17.0 Å². The number of amides is 1. The second kappa shape index (κ2) is 5.30. The smallest absolute Gasteiger partial charge is 0.235 e. The normalized spacial score (nSPS) is 17.2. The number of hydrogen-bond donors (Lipinski definition) is 1. The summed E-state index contributed by atoms with van der Waals surface area (Å²) in [5, 5.41) is 3.00. The van der Waals surface area contributed by atoms with E-state index in [2.05, 4.69) is 16.0 Å². The van der Waals surface area contributed by atoms with E-state index in [4.69, 9.17) is 4.98 Å². The molecule has 0 radical (unpaired) electrons. The summed E-state index contributed by atoms with van der Waals surface area (Å²) in [5.74, 6) is 0.740. The van der Waals surface area contributed by atoms with Crippen molar-refractivity contribution in [1.29, 1.82) is 0 Å². The van der Waals surface area contributed by atoms with Gasteiger partial charge in [-0.05, 0) is 37.1 Å². The summed E-state index contributed by atoms with van der Waals surface area (Å²) in [6.45, 7) is 0.935. The van der Waals surface area contributed by atoms with Crippen molar-refractivity contribution in [1.82, 2.24) is 9.55 Å². The Labute approximate surface area is 128 Å². The van der Waals surface area contributed by atoms with Gasteiger partial charge in [-0.2, -0.15) is 0 Å². The van der Waals surface area contributed by atoms with Gasteiger partial charge in [-0.1, -0.05) is 30.3 Å². The first kappa shape index (κ1) is 13.1. The molecular formula is C18H17N3O. The lowest BCUT2D eigenvalue weighted by atomic mass is 9.98. The fraction of sp³-hybridized carbons (Fsp3) is 0.222. The Morgan fingerprint density at radius 2 is 1.86 bits per heavy atom. The SMILES string of the molecule is O=C(Nc1ccccc1)C1CCCn2c1nc1ccccc12. The number of benzene rings is 2. The van der Waals surface area contributed by atoms with Crippen molar-refractivity contribution < 1.29 is 4.79 Å². The van der Waals surface area contributed by atoms with Crippen molar-refractivity contribution in [3.8, 4) is 0 Å². The molecule has 1 unspecified atom stereocenters. The van der Waals surface area contributed by atoms with Crippen molar-refractivity contribution >= 4 is 22.6 Å². The number of carbonyl (C=O) groups excluding carboxylic acids is 1. The number of fused-ring (bicyclic) bond motifs is 3. The monoisotopic (exact) mass is 291 g/mol. The molecule has 3 aromatic rings. The Bertz CT molecular complexity index is 823. The second-order valence-electron chi connectivity index (χ2n) is 5.66. The molecule has 1 N–H and O–H groups in total. The molecule has 110 valence electrons. The van der Waals surface area contributed by atoms with Crippen LogP contribution in [0.2, 0.25) is 0 Å². The van der Waals surface area contributed by atoms with E-state index < -0.39 is 0 Å². The molecule has 1 aliphatic heterocycles. The van der Waals surface area contributed by atoms with Gasteiger partial charge in [0.25, 0.3) is 0 Å². The number of anilines is 1. The minimum Gasteiger partial charge on any atom is -0.327 e. The number of aryl methyl sites for hydroxylation is 1. The predicted molar refractivity (Wildman–Crippen MR) is 86.8 cm³/mol. The molecular weight excluding hydrogens is 274 g/mol. The van der Waals surface area contributed by atoms with Gasteiger partial charge in [0.15, 0.2) is 0 Å². The van der Waals surface area contributed by atoms with Crippen LogP contribution in [0, 0.1) is 0 Å². The van der Waals surface area contributed by atoms with E-state index in [1.165, 1.54) is 0 Å². The molecule has 0 fully saturated rings. The topological polar surface area (TPSA) is 46.9 Å². The van der Waals surface area contributed by atoms with Crippen LogP contribution in [-0.2, 0) is 11.3 Å². The van der Waals surface area contributed by atoms with Gasteiger partial charge in [-0.25, -0.2) is 4.98 Å². The summed E-state index contributed by atoms with van der Waals surface area (Å²) in [4.78, 5) is 17.3. The van der Waals surface area contributed by atoms with Crippen molar-refractivity contribution in [3.63, 3.8) is 0 Å². The highest BCUT2D eigenvalue weighted by Gasteiger charge is 2.29. The Kier molecular flexibility index (Phi) is 3.15. The van der Waals surface area contributed by atoms with E-state index in [1.54, 1.807) is 0 Å². The third kappa shape index (κ3) is 2.17. The number of aromatic nitrogens is 2. The molecule has 1 aliphatic rings. The van der Waals surface area contributed by atoms with Gasteiger partial charge in [0.1, 0.15) is 5.82 Å². The molecule has 22 heavy (non-hydrogen) atoms.